The third kappa shape index (κ3) is 2.89. The molecule has 3 heteroatoms. The molecule has 0 amide bonds. The molecule has 20 heavy (non-hydrogen) atoms. The molecule has 0 spiro atoms. The van der Waals surface area contributed by atoms with Crippen LogP contribution < -0.4 is 4.74 Å². The van der Waals surface area contributed by atoms with Crippen molar-refractivity contribution in [2.24, 2.45) is 0 Å². The molecular weight excluding hydrogens is 266 g/mol. The molecule has 1 aromatic heterocycles. The second-order valence-electron chi connectivity index (χ2n) is 4.54. The number of nitrogens with zero attached hydrogens (tertiary/aromatic N) is 1. The van der Waals surface area contributed by atoms with E-state index < -0.39 is 0 Å². The summed E-state index contributed by atoms with van der Waals surface area (Å²) in [4.78, 5) is 4.71. The van der Waals surface area contributed by atoms with E-state index in [4.69, 9.17) is 9.72 Å². The Kier molecular flexibility index (Phi) is 3.79. The molecule has 0 aliphatic carbocycles. The Balaban J connectivity index is 1.80. The van der Waals surface area contributed by atoms with Crippen LogP contribution in [0.1, 0.15) is 11.3 Å². The molecule has 0 N–H and O–H groups in total. The number of aromatic nitrogens is 1. The minimum absolute atomic E-state index is 0.834. The highest BCUT2D eigenvalue weighted by Gasteiger charge is 2.05. The molecule has 2 nitrogen and oxygen atoms in total. The molecule has 3 rings (SSSR count). The highest BCUT2D eigenvalue weighted by atomic mass is 32.1. The smallest absolute Gasteiger partial charge is 0.123 e. The lowest BCUT2D eigenvalue weighted by molar-refractivity contribution is 0.414. The monoisotopic (exact) mass is 281 g/mol. The molecule has 0 saturated heterocycles. The van der Waals surface area contributed by atoms with Crippen molar-refractivity contribution in [3.8, 4) is 16.3 Å². The van der Waals surface area contributed by atoms with Gasteiger partial charge in [-0.1, -0.05) is 42.5 Å². The first-order valence-corrected chi connectivity index (χ1v) is 7.36. The Morgan fingerprint density at radius 2 is 1.90 bits per heavy atom. The van der Waals surface area contributed by atoms with Gasteiger partial charge >= 0.3 is 0 Å². The van der Waals surface area contributed by atoms with Crippen molar-refractivity contribution in [2.75, 3.05) is 7.11 Å². The average Bonchev–Trinajstić information content (AvgIpc) is 2.97. The van der Waals surface area contributed by atoms with E-state index in [-0.39, 0.29) is 0 Å². The molecular formula is C17H15NOS. The van der Waals surface area contributed by atoms with Gasteiger partial charge in [0.1, 0.15) is 10.8 Å². The van der Waals surface area contributed by atoms with Crippen LogP contribution in [0.15, 0.2) is 60.0 Å². The summed E-state index contributed by atoms with van der Waals surface area (Å²) in [5, 5.41) is 3.20. The van der Waals surface area contributed by atoms with Crippen LogP contribution in [0.25, 0.3) is 10.6 Å². The third-order valence-electron chi connectivity index (χ3n) is 3.09. The number of methoxy groups -OCH3 is 1. The maximum absolute atomic E-state index is 5.25. The summed E-state index contributed by atoms with van der Waals surface area (Å²) in [7, 11) is 1.69. The molecule has 0 aliphatic rings. The molecule has 3 aromatic rings. The average molecular weight is 281 g/mol. The quantitative estimate of drug-likeness (QED) is 0.706. The van der Waals surface area contributed by atoms with Gasteiger partial charge in [-0.2, -0.15) is 0 Å². The summed E-state index contributed by atoms with van der Waals surface area (Å²) < 4.78 is 5.25. The number of benzene rings is 2. The fourth-order valence-electron chi connectivity index (χ4n) is 2.09. The van der Waals surface area contributed by atoms with Gasteiger partial charge in [-0.3, -0.25) is 0 Å². The number of hydrogen-bond donors (Lipinski definition) is 0. The lowest BCUT2D eigenvalue weighted by Gasteiger charge is -2.02. The first-order valence-electron chi connectivity index (χ1n) is 6.48. The van der Waals surface area contributed by atoms with Gasteiger partial charge in [0.05, 0.1) is 12.8 Å². The van der Waals surface area contributed by atoms with Crippen molar-refractivity contribution < 1.29 is 4.74 Å². The van der Waals surface area contributed by atoms with Gasteiger partial charge in [0.2, 0.25) is 0 Å². The normalized spacial score (nSPS) is 10.4. The second kappa shape index (κ2) is 5.88. The molecule has 0 bridgehead atoms. The fourth-order valence-corrected chi connectivity index (χ4v) is 2.92. The van der Waals surface area contributed by atoms with Crippen LogP contribution in [-0.4, -0.2) is 12.1 Å². The zero-order chi connectivity index (χ0) is 13.8. The van der Waals surface area contributed by atoms with E-state index in [9.17, 15) is 0 Å². The Morgan fingerprint density at radius 1 is 1.05 bits per heavy atom. The van der Waals surface area contributed by atoms with Gasteiger partial charge in [0, 0.05) is 17.4 Å². The van der Waals surface area contributed by atoms with Gasteiger partial charge < -0.3 is 4.74 Å². The molecule has 0 saturated carbocycles. The van der Waals surface area contributed by atoms with E-state index in [1.807, 2.05) is 30.3 Å². The van der Waals surface area contributed by atoms with E-state index in [1.54, 1.807) is 18.4 Å². The Hall–Kier alpha value is -2.13. The fraction of sp³-hybridized carbons (Fsp3) is 0.118. The first kappa shape index (κ1) is 12.9. The van der Waals surface area contributed by atoms with Crippen LogP contribution in [0, 0.1) is 0 Å². The van der Waals surface area contributed by atoms with E-state index in [0.717, 1.165) is 22.9 Å². The van der Waals surface area contributed by atoms with Gasteiger partial charge in [0.25, 0.3) is 0 Å². The second-order valence-corrected chi connectivity index (χ2v) is 5.40. The lowest BCUT2D eigenvalue weighted by Crippen LogP contribution is -1.90. The van der Waals surface area contributed by atoms with Crippen molar-refractivity contribution in [3.63, 3.8) is 0 Å². The molecule has 1 heterocycles. The van der Waals surface area contributed by atoms with E-state index in [0.29, 0.717) is 0 Å². The molecule has 0 radical (unpaired) electrons. The summed E-state index contributed by atoms with van der Waals surface area (Å²) in [6.45, 7) is 0. The number of rotatable bonds is 4. The van der Waals surface area contributed by atoms with Crippen LogP contribution >= 0.6 is 11.3 Å². The van der Waals surface area contributed by atoms with E-state index in [2.05, 4.69) is 29.6 Å². The highest BCUT2D eigenvalue weighted by molar-refractivity contribution is 7.13. The Bertz CT molecular complexity index is 691. The topological polar surface area (TPSA) is 22.1 Å². The summed E-state index contributed by atoms with van der Waals surface area (Å²) in [5.74, 6) is 0.890. The van der Waals surface area contributed by atoms with Gasteiger partial charge in [0.15, 0.2) is 0 Å². The summed E-state index contributed by atoms with van der Waals surface area (Å²) in [6.07, 6.45) is 0.834. The molecule has 0 unspecified atom stereocenters. The van der Waals surface area contributed by atoms with Gasteiger partial charge in [-0.05, 0) is 17.7 Å². The minimum Gasteiger partial charge on any atom is -0.497 e. The zero-order valence-electron chi connectivity index (χ0n) is 11.2. The lowest BCUT2D eigenvalue weighted by atomic mass is 10.1. The summed E-state index contributed by atoms with van der Waals surface area (Å²) in [6, 6.07) is 18.4. The van der Waals surface area contributed by atoms with Crippen LogP contribution in [-0.2, 0) is 6.42 Å². The minimum atomic E-state index is 0.834. The first-order chi connectivity index (χ1) is 9.85. The third-order valence-corrected chi connectivity index (χ3v) is 4.03. The maximum atomic E-state index is 5.25. The van der Waals surface area contributed by atoms with Gasteiger partial charge in [-0.25, -0.2) is 4.98 Å². The van der Waals surface area contributed by atoms with Crippen molar-refractivity contribution >= 4 is 11.3 Å². The molecule has 100 valence electrons. The van der Waals surface area contributed by atoms with Crippen molar-refractivity contribution in [2.45, 2.75) is 6.42 Å². The van der Waals surface area contributed by atoms with E-state index >= 15 is 0 Å². The number of thiazole rings is 1. The van der Waals surface area contributed by atoms with Crippen LogP contribution in [0.5, 0.6) is 5.75 Å². The summed E-state index contributed by atoms with van der Waals surface area (Å²) in [5.41, 5.74) is 3.49. The van der Waals surface area contributed by atoms with Gasteiger partial charge in [-0.15, -0.1) is 11.3 Å². The van der Waals surface area contributed by atoms with Crippen molar-refractivity contribution in [1.82, 2.24) is 4.98 Å². The highest BCUT2D eigenvalue weighted by Crippen LogP contribution is 2.25. The number of ether oxygens (including phenoxy) is 1. The SMILES string of the molecule is COc1cccc(Cc2csc(-c3ccccc3)n2)c1. The molecule has 0 fully saturated rings. The summed E-state index contributed by atoms with van der Waals surface area (Å²) >= 11 is 1.69. The van der Waals surface area contributed by atoms with Crippen LogP contribution in [0.3, 0.4) is 0 Å². The van der Waals surface area contributed by atoms with E-state index in [1.165, 1.54) is 11.1 Å². The molecule has 0 aliphatic heterocycles. The Labute approximate surface area is 122 Å². The Morgan fingerprint density at radius 3 is 2.70 bits per heavy atom. The van der Waals surface area contributed by atoms with Crippen LogP contribution in [0.2, 0.25) is 0 Å². The molecule has 2 aromatic carbocycles. The van der Waals surface area contributed by atoms with Crippen LogP contribution in [0.4, 0.5) is 0 Å². The molecule has 0 atom stereocenters. The predicted octanol–water partition coefficient (Wildman–Crippen LogP) is 4.41. The zero-order valence-corrected chi connectivity index (χ0v) is 12.1. The maximum Gasteiger partial charge on any atom is 0.123 e. The predicted molar refractivity (Wildman–Crippen MR) is 83.4 cm³/mol. The van der Waals surface area contributed by atoms with Crippen molar-refractivity contribution in [3.05, 3.63) is 71.2 Å². The standard InChI is InChI=1S/C17H15NOS/c1-19-16-9-5-6-13(11-16)10-15-12-20-17(18-15)14-7-3-2-4-8-14/h2-9,11-12H,10H2,1H3. The van der Waals surface area contributed by atoms with Crippen molar-refractivity contribution in [1.29, 1.82) is 0 Å². The largest absolute Gasteiger partial charge is 0.497 e. The number of hydrogen-bond acceptors (Lipinski definition) is 3.